The van der Waals surface area contributed by atoms with Gasteiger partial charge < -0.3 is 15.2 Å². The summed E-state index contributed by atoms with van der Waals surface area (Å²) in [6.45, 7) is 6.55. The van der Waals surface area contributed by atoms with Crippen LogP contribution in [0.2, 0.25) is 0 Å². The van der Waals surface area contributed by atoms with Gasteiger partial charge in [-0.15, -0.1) is 24.8 Å². The molecule has 0 saturated heterocycles. The van der Waals surface area contributed by atoms with Crippen molar-refractivity contribution in [2.45, 2.75) is 26.8 Å². The summed E-state index contributed by atoms with van der Waals surface area (Å²) < 4.78 is 2.00. The Morgan fingerprint density at radius 3 is 2.57 bits per heavy atom. The first-order chi connectivity index (χ1) is 10.0. The number of hydrogen-bond donors (Lipinski definition) is 2. The summed E-state index contributed by atoms with van der Waals surface area (Å²) in [5.74, 6) is 0.780. The number of hydrogen-bond acceptors (Lipinski definition) is 3. The normalized spacial score (nSPS) is 11.1. The number of likely N-dealkylation sites (N-methyl/N-ethyl adjacent to an activating group) is 1. The minimum Gasteiger partial charge on any atom is -0.350 e. The highest BCUT2D eigenvalue weighted by atomic mass is 35.5. The molecule has 128 valence electrons. The van der Waals surface area contributed by atoms with Gasteiger partial charge in [-0.25, -0.2) is 4.98 Å². The van der Waals surface area contributed by atoms with E-state index in [4.69, 9.17) is 0 Å². The highest BCUT2D eigenvalue weighted by molar-refractivity contribution is 5.95. The fourth-order valence-electron chi connectivity index (χ4n) is 2.27. The van der Waals surface area contributed by atoms with Crippen LogP contribution in [-0.2, 0) is 0 Å². The van der Waals surface area contributed by atoms with Crippen molar-refractivity contribution in [2.75, 3.05) is 13.6 Å². The molecule has 0 bridgehead atoms. The number of amides is 1. The number of carbonyl (C=O) groups is 1. The summed E-state index contributed by atoms with van der Waals surface area (Å²) in [5, 5.41) is 6.05. The van der Waals surface area contributed by atoms with Gasteiger partial charge >= 0.3 is 0 Å². The molecule has 23 heavy (non-hydrogen) atoms. The van der Waals surface area contributed by atoms with Gasteiger partial charge in [-0.05, 0) is 46.0 Å². The average molecular weight is 359 g/mol. The molecule has 2 aromatic rings. The molecule has 5 nitrogen and oxygen atoms in total. The van der Waals surface area contributed by atoms with Crippen LogP contribution in [-0.4, -0.2) is 35.1 Å². The summed E-state index contributed by atoms with van der Waals surface area (Å²) in [7, 11) is 1.88. The topological polar surface area (TPSA) is 58.9 Å². The number of nitrogens with one attached hydrogen (secondary N) is 2. The van der Waals surface area contributed by atoms with Crippen LogP contribution in [0.5, 0.6) is 0 Å². The molecule has 0 aliphatic carbocycles. The smallest absolute Gasteiger partial charge is 0.253 e. The van der Waals surface area contributed by atoms with Crippen molar-refractivity contribution in [3.63, 3.8) is 0 Å². The zero-order valence-corrected chi connectivity index (χ0v) is 15.4. The molecule has 0 aliphatic rings. The third kappa shape index (κ3) is 4.96. The van der Waals surface area contributed by atoms with Gasteiger partial charge in [0.05, 0.1) is 5.56 Å². The van der Waals surface area contributed by atoms with Crippen LogP contribution in [0.25, 0.3) is 5.82 Å². The second kappa shape index (κ2) is 9.55. The molecule has 2 rings (SSSR count). The molecule has 1 amide bonds. The van der Waals surface area contributed by atoms with Gasteiger partial charge in [-0.1, -0.05) is 6.07 Å². The molecule has 0 radical (unpaired) electrons. The van der Waals surface area contributed by atoms with Crippen LogP contribution in [0.3, 0.4) is 0 Å². The summed E-state index contributed by atoms with van der Waals surface area (Å²) in [5.41, 5.74) is 2.60. The first-order valence-corrected chi connectivity index (χ1v) is 7.10. The van der Waals surface area contributed by atoms with E-state index in [1.807, 2.05) is 56.7 Å². The fourth-order valence-corrected chi connectivity index (χ4v) is 2.27. The van der Waals surface area contributed by atoms with Gasteiger partial charge in [-0.3, -0.25) is 4.79 Å². The van der Waals surface area contributed by atoms with Crippen LogP contribution in [0.15, 0.2) is 30.5 Å². The number of nitrogens with zero attached hydrogens (tertiary/aromatic N) is 2. The van der Waals surface area contributed by atoms with Crippen molar-refractivity contribution in [1.82, 2.24) is 20.2 Å². The van der Waals surface area contributed by atoms with Crippen molar-refractivity contribution in [3.05, 3.63) is 47.4 Å². The van der Waals surface area contributed by atoms with Gasteiger partial charge in [0.15, 0.2) is 0 Å². The molecule has 1 unspecified atom stereocenters. The van der Waals surface area contributed by atoms with Crippen LogP contribution in [0, 0.1) is 13.8 Å². The predicted octanol–water partition coefficient (Wildman–Crippen LogP) is 2.67. The average Bonchev–Trinajstić information content (AvgIpc) is 2.80. The SMILES string of the molecule is CNC(C)CNC(=O)c1cc(C)n(-c2ccccn2)c1C.Cl.Cl. The van der Waals surface area contributed by atoms with E-state index in [-0.39, 0.29) is 36.8 Å². The molecule has 0 saturated carbocycles. The lowest BCUT2D eigenvalue weighted by Gasteiger charge is -2.12. The summed E-state index contributed by atoms with van der Waals surface area (Å²) >= 11 is 0. The van der Waals surface area contributed by atoms with Crippen LogP contribution < -0.4 is 10.6 Å². The summed E-state index contributed by atoms with van der Waals surface area (Å²) in [4.78, 5) is 16.7. The Labute approximate surface area is 149 Å². The monoisotopic (exact) mass is 358 g/mol. The zero-order chi connectivity index (χ0) is 15.4. The molecule has 0 aliphatic heterocycles. The van der Waals surface area contributed by atoms with Gasteiger partial charge in [0.1, 0.15) is 5.82 Å². The molecular formula is C16H24Cl2N4O. The number of carbonyl (C=O) groups excluding carboxylic acids is 1. The molecule has 2 heterocycles. The minimum atomic E-state index is -0.0487. The first-order valence-electron chi connectivity index (χ1n) is 7.10. The van der Waals surface area contributed by atoms with E-state index in [0.29, 0.717) is 12.1 Å². The molecular weight excluding hydrogens is 335 g/mol. The van der Waals surface area contributed by atoms with E-state index in [9.17, 15) is 4.79 Å². The van der Waals surface area contributed by atoms with Crippen LogP contribution in [0.1, 0.15) is 28.7 Å². The maximum Gasteiger partial charge on any atom is 0.253 e. The first kappa shape index (κ1) is 21.4. The third-order valence-corrected chi connectivity index (χ3v) is 3.62. The van der Waals surface area contributed by atoms with E-state index in [1.165, 1.54) is 0 Å². The number of pyridine rings is 1. The van der Waals surface area contributed by atoms with Gasteiger partial charge in [0, 0.05) is 30.2 Å². The highest BCUT2D eigenvalue weighted by Gasteiger charge is 2.17. The molecule has 2 N–H and O–H groups in total. The Hall–Kier alpha value is -1.56. The quantitative estimate of drug-likeness (QED) is 0.863. The Morgan fingerprint density at radius 1 is 1.30 bits per heavy atom. The van der Waals surface area contributed by atoms with Gasteiger partial charge in [0.2, 0.25) is 0 Å². The Morgan fingerprint density at radius 2 is 2.00 bits per heavy atom. The van der Waals surface area contributed by atoms with Crippen molar-refractivity contribution in [2.24, 2.45) is 0 Å². The Kier molecular flexibility index (Phi) is 8.90. The maximum absolute atomic E-state index is 12.3. The lowest BCUT2D eigenvalue weighted by atomic mass is 10.2. The molecule has 2 aromatic heterocycles. The van der Waals surface area contributed by atoms with E-state index < -0.39 is 0 Å². The van der Waals surface area contributed by atoms with Gasteiger partial charge in [-0.2, -0.15) is 0 Å². The second-order valence-corrected chi connectivity index (χ2v) is 5.21. The molecule has 0 fully saturated rings. The fraction of sp³-hybridized carbons (Fsp3) is 0.375. The Balaban J connectivity index is 0.00000242. The lowest BCUT2D eigenvalue weighted by molar-refractivity contribution is 0.0950. The molecule has 0 spiro atoms. The highest BCUT2D eigenvalue weighted by Crippen LogP contribution is 2.19. The van der Waals surface area contributed by atoms with E-state index in [1.54, 1.807) is 6.20 Å². The molecule has 0 aromatic carbocycles. The maximum atomic E-state index is 12.3. The number of aromatic nitrogens is 2. The molecule has 7 heteroatoms. The van der Waals surface area contributed by atoms with Crippen molar-refractivity contribution in [3.8, 4) is 5.82 Å². The van der Waals surface area contributed by atoms with Crippen LogP contribution in [0.4, 0.5) is 0 Å². The van der Waals surface area contributed by atoms with Gasteiger partial charge in [0.25, 0.3) is 5.91 Å². The second-order valence-electron chi connectivity index (χ2n) is 5.21. The number of rotatable bonds is 5. The van der Waals surface area contributed by atoms with Crippen molar-refractivity contribution < 1.29 is 4.79 Å². The van der Waals surface area contributed by atoms with Crippen molar-refractivity contribution >= 4 is 30.7 Å². The van der Waals surface area contributed by atoms with E-state index >= 15 is 0 Å². The number of halogens is 2. The lowest BCUT2D eigenvalue weighted by Crippen LogP contribution is -2.37. The van der Waals surface area contributed by atoms with Crippen LogP contribution >= 0.6 is 24.8 Å². The Bertz CT molecular complexity index is 629. The van der Waals surface area contributed by atoms with E-state index in [2.05, 4.69) is 15.6 Å². The summed E-state index contributed by atoms with van der Waals surface area (Å²) in [6, 6.07) is 7.90. The largest absolute Gasteiger partial charge is 0.350 e. The van der Waals surface area contributed by atoms with Crippen molar-refractivity contribution in [1.29, 1.82) is 0 Å². The number of aryl methyl sites for hydroxylation is 1. The molecule has 1 atom stereocenters. The third-order valence-electron chi connectivity index (χ3n) is 3.62. The predicted molar refractivity (Wildman–Crippen MR) is 98.4 cm³/mol. The standard InChI is InChI=1S/C16H22N4O.2ClH/c1-11(17-4)10-19-16(21)14-9-12(2)20(13(14)3)15-7-5-6-8-18-15;;/h5-9,11,17H,10H2,1-4H3,(H,19,21);2*1H. The zero-order valence-electron chi connectivity index (χ0n) is 13.8. The van der Waals surface area contributed by atoms with E-state index in [0.717, 1.165) is 17.2 Å². The summed E-state index contributed by atoms with van der Waals surface area (Å²) in [6.07, 6.45) is 1.75. The minimum absolute atomic E-state index is 0.